The molecule has 0 unspecified atom stereocenters. The molecule has 3 rings (SSSR count). The number of primary amides is 1. The lowest BCUT2D eigenvalue weighted by atomic mass is 9.79. The lowest BCUT2D eigenvalue weighted by molar-refractivity contribution is 0.0999. The highest BCUT2D eigenvalue weighted by atomic mass is 16.3. The standard InChI is InChI=1S/C24H28N2O4/c1-23(2,3)16-10-17(24(4,5)6)20(28)11-19(16)26-12-15(22(25)30)21(29)14-8-7-13(27)9-18(14)26/h7-12,27-28H,1-6H3,(H2,25,30). The molecule has 0 atom stereocenters. The SMILES string of the molecule is CC(C)(C)c1cc(C(C)(C)C)c(-n2cc(C(N)=O)c(=O)c3ccc(O)cc32)cc1O. The number of rotatable bonds is 2. The predicted molar refractivity (Wildman–Crippen MR) is 119 cm³/mol. The second-order valence-corrected chi connectivity index (χ2v) is 9.69. The lowest BCUT2D eigenvalue weighted by Gasteiger charge is -2.29. The van der Waals surface area contributed by atoms with Crippen molar-refractivity contribution in [3.05, 3.63) is 63.4 Å². The largest absolute Gasteiger partial charge is 0.508 e. The quantitative estimate of drug-likeness (QED) is 0.594. The summed E-state index contributed by atoms with van der Waals surface area (Å²) in [6.45, 7) is 12.2. The molecule has 30 heavy (non-hydrogen) atoms. The van der Waals surface area contributed by atoms with Gasteiger partial charge in [0.05, 0.1) is 11.2 Å². The number of fused-ring (bicyclic) bond motifs is 1. The molecule has 1 heterocycles. The van der Waals surface area contributed by atoms with Gasteiger partial charge in [0.15, 0.2) is 0 Å². The Morgan fingerprint density at radius 2 is 1.53 bits per heavy atom. The van der Waals surface area contributed by atoms with Gasteiger partial charge in [-0.05, 0) is 40.2 Å². The van der Waals surface area contributed by atoms with E-state index in [2.05, 4.69) is 0 Å². The molecular formula is C24H28N2O4. The minimum Gasteiger partial charge on any atom is -0.508 e. The van der Waals surface area contributed by atoms with Crippen molar-refractivity contribution in [2.24, 2.45) is 5.73 Å². The highest BCUT2D eigenvalue weighted by Crippen LogP contribution is 2.39. The van der Waals surface area contributed by atoms with Crippen LogP contribution in [0.4, 0.5) is 0 Å². The molecule has 0 aliphatic heterocycles. The Labute approximate surface area is 175 Å². The van der Waals surface area contributed by atoms with Crippen LogP contribution in [0.25, 0.3) is 16.6 Å². The molecule has 0 saturated carbocycles. The Hall–Kier alpha value is -3.28. The summed E-state index contributed by atoms with van der Waals surface area (Å²) < 4.78 is 1.64. The zero-order valence-corrected chi connectivity index (χ0v) is 18.2. The maximum absolute atomic E-state index is 12.8. The van der Waals surface area contributed by atoms with Crippen LogP contribution in [0.3, 0.4) is 0 Å². The summed E-state index contributed by atoms with van der Waals surface area (Å²) in [7, 11) is 0. The number of nitrogens with zero attached hydrogens (tertiary/aromatic N) is 1. The van der Waals surface area contributed by atoms with Crippen molar-refractivity contribution < 1.29 is 15.0 Å². The van der Waals surface area contributed by atoms with Crippen LogP contribution in [0.2, 0.25) is 0 Å². The summed E-state index contributed by atoms with van der Waals surface area (Å²) in [5, 5.41) is 21.1. The second-order valence-electron chi connectivity index (χ2n) is 9.69. The predicted octanol–water partition coefficient (Wildman–Crippen LogP) is 4.10. The Morgan fingerprint density at radius 1 is 0.933 bits per heavy atom. The molecule has 0 bridgehead atoms. The number of aromatic nitrogens is 1. The number of hydrogen-bond acceptors (Lipinski definition) is 4. The van der Waals surface area contributed by atoms with Crippen LogP contribution in [-0.4, -0.2) is 20.7 Å². The molecule has 2 aromatic carbocycles. The van der Waals surface area contributed by atoms with E-state index in [1.807, 2.05) is 47.6 Å². The molecule has 6 heteroatoms. The van der Waals surface area contributed by atoms with E-state index in [1.165, 1.54) is 24.4 Å². The average Bonchev–Trinajstić information content (AvgIpc) is 2.59. The molecule has 3 aromatic rings. The number of phenolic OH excluding ortho intramolecular Hbond substituents is 2. The van der Waals surface area contributed by atoms with Crippen LogP contribution in [0.1, 0.15) is 63.0 Å². The molecule has 0 aliphatic carbocycles. The first-order valence-electron chi connectivity index (χ1n) is 9.78. The van der Waals surface area contributed by atoms with Crippen LogP contribution in [0.5, 0.6) is 11.5 Å². The van der Waals surface area contributed by atoms with Crippen molar-refractivity contribution in [1.29, 1.82) is 0 Å². The van der Waals surface area contributed by atoms with Gasteiger partial charge in [-0.15, -0.1) is 0 Å². The molecule has 1 amide bonds. The number of pyridine rings is 1. The first-order chi connectivity index (χ1) is 13.7. The summed E-state index contributed by atoms with van der Waals surface area (Å²) in [5.41, 5.74) is 6.92. The van der Waals surface area contributed by atoms with E-state index in [1.54, 1.807) is 10.6 Å². The highest BCUT2D eigenvalue weighted by molar-refractivity contribution is 5.97. The molecule has 4 N–H and O–H groups in total. The van der Waals surface area contributed by atoms with E-state index in [-0.39, 0.29) is 33.3 Å². The van der Waals surface area contributed by atoms with Gasteiger partial charge in [-0.1, -0.05) is 41.5 Å². The monoisotopic (exact) mass is 408 g/mol. The molecule has 6 nitrogen and oxygen atoms in total. The summed E-state index contributed by atoms with van der Waals surface area (Å²) in [5.74, 6) is -0.745. The topological polar surface area (TPSA) is 106 Å². The molecule has 1 aromatic heterocycles. The molecule has 158 valence electrons. The normalized spacial score (nSPS) is 12.3. The molecule has 0 fully saturated rings. The fraction of sp³-hybridized carbons (Fsp3) is 0.333. The van der Waals surface area contributed by atoms with E-state index in [0.29, 0.717) is 11.2 Å². The van der Waals surface area contributed by atoms with Gasteiger partial charge in [-0.2, -0.15) is 0 Å². The maximum atomic E-state index is 12.8. The summed E-state index contributed by atoms with van der Waals surface area (Å²) >= 11 is 0. The third-order valence-electron chi connectivity index (χ3n) is 5.24. The van der Waals surface area contributed by atoms with Gasteiger partial charge < -0.3 is 20.5 Å². The van der Waals surface area contributed by atoms with Gasteiger partial charge in [0.25, 0.3) is 5.91 Å². The fourth-order valence-electron chi connectivity index (χ4n) is 3.67. The first-order valence-corrected chi connectivity index (χ1v) is 9.78. The van der Waals surface area contributed by atoms with Crippen molar-refractivity contribution in [3.8, 4) is 17.2 Å². The number of carbonyl (C=O) groups excluding carboxylic acids is 1. The van der Waals surface area contributed by atoms with E-state index in [4.69, 9.17) is 5.73 Å². The lowest BCUT2D eigenvalue weighted by Crippen LogP contribution is -2.25. The van der Waals surface area contributed by atoms with Crippen molar-refractivity contribution in [1.82, 2.24) is 4.57 Å². The number of benzene rings is 2. The zero-order valence-electron chi connectivity index (χ0n) is 18.2. The van der Waals surface area contributed by atoms with Crippen LogP contribution < -0.4 is 11.2 Å². The van der Waals surface area contributed by atoms with Gasteiger partial charge in [-0.25, -0.2) is 0 Å². The first kappa shape index (κ1) is 21.4. The van der Waals surface area contributed by atoms with Crippen molar-refractivity contribution in [2.75, 3.05) is 0 Å². The fourth-order valence-corrected chi connectivity index (χ4v) is 3.67. The molecular weight excluding hydrogens is 380 g/mol. The number of phenols is 2. The second kappa shape index (κ2) is 6.90. The maximum Gasteiger partial charge on any atom is 0.254 e. The Morgan fingerprint density at radius 3 is 2.07 bits per heavy atom. The van der Waals surface area contributed by atoms with Crippen LogP contribution in [0, 0.1) is 0 Å². The Bertz CT molecular complexity index is 1230. The van der Waals surface area contributed by atoms with E-state index >= 15 is 0 Å². The van der Waals surface area contributed by atoms with Crippen LogP contribution in [0.15, 0.2) is 41.3 Å². The van der Waals surface area contributed by atoms with Gasteiger partial charge in [0.2, 0.25) is 5.43 Å². The average molecular weight is 408 g/mol. The van der Waals surface area contributed by atoms with Gasteiger partial charge in [-0.3, -0.25) is 9.59 Å². The summed E-state index contributed by atoms with van der Waals surface area (Å²) in [6, 6.07) is 7.92. The molecule has 0 saturated heterocycles. The van der Waals surface area contributed by atoms with Crippen molar-refractivity contribution in [2.45, 2.75) is 52.4 Å². The molecule has 0 radical (unpaired) electrons. The van der Waals surface area contributed by atoms with Crippen LogP contribution in [-0.2, 0) is 10.8 Å². The minimum atomic E-state index is -0.837. The van der Waals surface area contributed by atoms with Gasteiger partial charge >= 0.3 is 0 Å². The van der Waals surface area contributed by atoms with Crippen LogP contribution >= 0.6 is 0 Å². The summed E-state index contributed by atoms with van der Waals surface area (Å²) in [4.78, 5) is 24.7. The number of nitrogens with two attached hydrogens (primary N) is 1. The summed E-state index contributed by atoms with van der Waals surface area (Å²) in [6.07, 6.45) is 1.38. The van der Waals surface area contributed by atoms with Gasteiger partial charge in [0.1, 0.15) is 17.1 Å². The number of carbonyl (C=O) groups is 1. The number of amides is 1. The van der Waals surface area contributed by atoms with E-state index in [9.17, 15) is 19.8 Å². The number of aromatic hydroxyl groups is 2. The zero-order chi connectivity index (χ0) is 22.6. The Balaban J connectivity index is 2.53. The smallest absolute Gasteiger partial charge is 0.254 e. The molecule has 0 aliphatic rings. The third-order valence-corrected chi connectivity index (χ3v) is 5.24. The van der Waals surface area contributed by atoms with E-state index in [0.717, 1.165) is 11.1 Å². The number of hydrogen-bond donors (Lipinski definition) is 3. The highest BCUT2D eigenvalue weighted by Gasteiger charge is 2.27. The molecule has 0 spiro atoms. The van der Waals surface area contributed by atoms with Gasteiger partial charge in [0, 0.05) is 23.7 Å². The third kappa shape index (κ3) is 3.65. The minimum absolute atomic E-state index is 0.0182. The Kier molecular flexibility index (Phi) is 4.93. The van der Waals surface area contributed by atoms with Crippen molar-refractivity contribution in [3.63, 3.8) is 0 Å². The van der Waals surface area contributed by atoms with Crippen molar-refractivity contribution >= 4 is 16.8 Å². The van der Waals surface area contributed by atoms with E-state index < -0.39 is 11.3 Å².